The van der Waals surface area contributed by atoms with E-state index >= 15 is 0 Å². The van der Waals surface area contributed by atoms with Crippen molar-refractivity contribution in [3.05, 3.63) is 0 Å². The summed E-state index contributed by atoms with van der Waals surface area (Å²) in [6, 6.07) is 0.205. The van der Waals surface area contributed by atoms with Gasteiger partial charge in [0.2, 0.25) is 0 Å². The molecule has 0 aromatic rings. The Morgan fingerprint density at radius 3 is 2.67 bits per heavy atom. The van der Waals surface area contributed by atoms with Crippen molar-refractivity contribution in [3.8, 4) is 0 Å². The zero-order valence-corrected chi connectivity index (χ0v) is 12.0. The molecule has 0 bridgehead atoms. The van der Waals surface area contributed by atoms with Gasteiger partial charge in [-0.1, -0.05) is 0 Å². The molecule has 1 saturated heterocycles. The molecule has 106 valence electrons. The Kier molecular flexibility index (Phi) is 5.41. The zero-order chi connectivity index (χ0) is 13.8. The van der Waals surface area contributed by atoms with Crippen LogP contribution in [0.4, 0.5) is 4.79 Å². The normalized spacial score (nSPS) is 21.1. The number of amides is 1. The maximum atomic E-state index is 12.1. The molecule has 1 amide bonds. The molecule has 0 aliphatic carbocycles. The number of carbonyl (C=O) groups excluding carboxylic acids is 1. The number of rotatable bonds is 4. The third-order valence-corrected chi connectivity index (χ3v) is 3.07. The van der Waals surface area contributed by atoms with Gasteiger partial charge in [0.15, 0.2) is 0 Å². The van der Waals surface area contributed by atoms with Crippen molar-refractivity contribution in [3.63, 3.8) is 0 Å². The van der Waals surface area contributed by atoms with Gasteiger partial charge in [-0.05, 0) is 34.1 Å². The summed E-state index contributed by atoms with van der Waals surface area (Å²) in [5.41, 5.74) is -0.451. The lowest BCUT2D eigenvalue weighted by atomic mass is 10.2. The highest BCUT2D eigenvalue weighted by atomic mass is 16.6. The second-order valence-electron chi connectivity index (χ2n) is 5.73. The van der Waals surface area contributed by atoms with Crippen LogP contribution in [0.3, 0.4) is 0 Å². The standard InChI is InChI=1S/C13H26N2O3/c1-5-15(12(17)18-13(2,3)4)11-6-7-14(10-11)8-9-16/h11,16H,5-10H2,1-4H3/t11-/m0/s1. The number of hydrogen-bond acceptors (Lipinski definition) is 4. The van der Waals surface area contributed by atoms with Gasteiger partial charge in [0.1, 0.15) is 5.60 Å². The van der Waals surface area contributed by atoms with Crippen LogP contribution in [0.1, 0.15) is 34.1 Å². The Bertz CT molecular complexity index is 276. The Hall–Kier alpha value is -0.810. The first-order chi connectivity index (χ1) is 8.37. The van der Waals surface area contributed by atoms with E-state index in [1.165, 1.54) is 0 Å². The predicted molar refractivity (Wildman–Crippen MR) is 70.5 cm³/mol. The van der Waals surface area contributed by atoms with E-state index in [0.29, 0.717) is 13.1 Å². The SMILES string of the molecule is CCN(C(=O)OC(C)(C)C)[C@H]1CCN(CCO)C1. The molecule has 5 nitrogen and oxygen atoms in total. The summed E-state index contributed by atoms with van der Waals surface area (Å²) < 4.78 is 5.42. The third kappa shape index (κ3) is 4.46. The molecule has 1 atom stereocenters. The van der Waals surface area contributed by atoms with E-state index in [0.717, 1.165) is 19.5 Å². The summed E-state index contributed by atoms with van der Waals surface area (Å²) >= 11 is 0. The summed E-state index contributed by atoms with van der Waals surface area (Å²) in [5, 5.41) is 8.92. The summed E-state index contributed by atoms with van der Waals surface area (Å²) in [5.74, 6) is 0. The minimum absolute atomic E-state index is 0.172. The average Bonchev–Trinajstić information content (AvgIpc) is 2.65. The van der Waals surface area contributed by atoms with Crippen LogP contribution in [-0.2, 0) is 4.74 Å². The molecule has 0 spiro atoms. The molecule has 1 rings (SSSR count). The lowest BCUT2D eigenvalue weighted by molar-refractivity contribution is 0.0179. The summed E-state index contributed by atoms with van der Waals surface area (Å²) in [6.45, 7) is 10.9. The largest absolute Gasteiger partial charge is 0.444 e. The summed E-state index contributed by atoms with van der Waals surface area (Å²) in [7, 11) is 0. The highest BCUT2D eigenvalue weighted by molar-refractivity contribution is 5.68. The van der Waals surface area contributed by atoms with Crippen LogP contribution in [0.2, 0.25) is 0 Å². The quantitative estimate of drug-likeness (QED) is 0.826. The van der Waals surface area contributed by atoms with Crippen LogP contribution < -0.4 is 0 Å². The van der Waals surface area contributed by atoms with Gasteiger partial charge in [0, 0.05) is 32.2 Å². The first-order valence-electron chi connectivity index (χ1n) is 6.70. The van der Waals surface area contributed by atoms with Crippen molar-refractivity contribution >= 4 is 6.09 Å². The van der Waals surface area contributed by atoms with E-state index in [4.69, 9.17) is 9.84 Å². The van der Waals surface area contributed by atoms with E-state index in [9.17, 15) is 4.79 Å². The maximum Gasteiger partial charge on any atom is 0.410 e. The molecule has 18 heavy (non-hydrogen) atoms. The van der Waals surface area contributed by atoms with Crippen molar-refractivity contribution in [1.82, 2.24) is 9.80 Å². The highest BCUT2D eigenvalue weighted by Crippen LogP contribution is 2.18. The first kappa shape index (κ1) is 15.2. The zero-order valence-electron chi connectivity index (χ0n) is 12.0. The molecule has 1 N–H and O–H groups in total. The Morgan fingerprint density at radius 2 is 2.17 bits per heavy atom. The van der Waals surface area contributed by atoms with Crippen LogP contribution in [0.5, 0.6) is 0 Å². The molecule has 0 unspecified atom stereocenters. The number of β-amino-alcohol motifs (C(OH)–C–C–N with tert-alkyl or cyclic N) is 1. The number of likely N-dealkylation sites (tertiary alicyclic amines) is 1. The van der Waals surface area contributed by atoms with Crippen LogP contribution >= 0.6 is 0 Å². The molecule has 1 heterocycles. The fourth-order valence-electron chi connectivity index (χ4n) is 2.27. The minimum Gasteiger partial charge on any atom is -0.444 e. The number of aliphatic hydroxyl groups excluding tert-OH is 1. The predicted octanol–water partition coefficient (Wildman–Crippen LogP) is 1.31. The fourth-order valence-corrected chi connectivity index (χ4v) is 2.27. The van der Waals surface area contributed by atoms with Gasteiger partial charge in [-0.25, -0.2) is 4.79 Å². The molecule has 0 aromatic carbocycles. The van der Waals surface area contributed by atoms with Gasteiger partial charge in [0.05, 0.1) is 6.61 Å². The van der Waals surface area contributed by atoms with Crippen LogP contribution in [-0.4, -0.2) is 65.4 Å². The van der Waals surface area contributed by atoms with E-state index in [-0.39, 0.29) is 18.7 Å². The molecule has 5 heteroatoms. The van der Waals surface area contributed by atoms with Gasteiger partial charge >= 0.3 is 6.09 Å². The van der Waals surface area contributed by atoms with Crippen LogP contribution in [0.15, 0.2) is 0 Å². The number of carbonyl (C=O) groups is 1. The van der Waals surface area contributed by atoms with Crippen LogP contribution in [0.25, 0.3) is 0 Å². The topological polar surface area (TPSA) is 53.0 Å². The van der Waals surface area contributed by atoms with Gasteiger partial charge in [-0.3, -0.25) is 4.90 Å². The lowest BCUT2D eigenvalue weighted by Gasteiger charge is -2.30. The second kappa shape index (κ2) is 6.38. The Labute approximate surface area is 110 Å². The number of aliphatic hydroxyl groups is 1. The molecule has 1 aliphatic rings. The number of likely N-dealkylation sites (N-methyl/N-ethyl adjacent to an activating group) is 1. The molecule has 0 saturated carbocycles. The van der Waals surface area contributed by atoms with Crippen molar-refractivity contribution in [2.75, 3.05) is 32.8 Å². The van der Waals surface area contributed by atoms with E-state index in [1.54, 1.807) is 4.90 Å². The third-order valence-electron chi connectivity index (χ3n) is 3.07. The minimum atomic E-state index is -0.451. The smallest absolute Gasteiger partial charge is 0.410 e. The number of nitrogens with zero attached hydrogens (tertiary/aromatic N) is 2. The highest BCUT2D eigenvalue weighted by Gasteiger charge is 2.31. The van der Waals surface area contributed by atoms with Gasteiger partial charge in [-0.15, -0.1) is 0 Å². The van der Waals surface area contributed by atoms with Gasteiger partial charge in [-0.2, -0.15) is 0 Å². The molecule has 1 aliphatic heterocycles. The number of ether oxygens (including phenoxy) is 1. The monoisotopic (exact) mass is 258 g/mol. The molecule has 1 fully saturated rings. The van der Waals surface area contributed by atoms with Crippen molar-refractivity contribution < 1.29 is 14.6 Å². The number of hydrogen-bond donors (Lipinski definition) is 1. The van der Waals surface area contributed by atoms with E-state index < -0.39 is 5.60 Å². The molecule has 0 radical (unpaired) electrons. The maximum absolute atomic E-state index is 12.1. The summed E-state index contributed by atoms with van der Waals surface area (Å²) in [4.78, 5) is 16.0. The van der Waals surface area contributed by atoms with Gasteiger partial charge in [0.25, 0.3) is 0 Å². The summed E-state index contributed by atoms with van der Waals surface area (Å²) in [6.07, 6.45) is 0.716. The molecular weight excluding hydrogens is 232 g/mol. The Balaban J connectivity index is 2.54. The van der Waals surface area contributed by atoms with Crippen molar-refractivity contribution in [1.29, 1.82) is 0 Å². The lowest BCUT2D eigenvalue weighted by Crippen LogP contribution is -2.44. The van der Waals surface area contributed by atoms with Crippen molar-refractivity contribution in [2.45, 2.75) is 45.8 Å². The molecular formula is C13H26N2O3. The Morgan fingerprint density at radius 1 is 1.50 bits per heavy atom. The van der Waals surface area contributed by atoms with Crippen LogP contribution in [0, 0.1) is 0 Å². The molecule has 0 aromatic heterocycles. The average molecular weight is 258 g/mol. The fraction of sp³-hybridized carbons (Fsp3) is 0.923. The van der Waals surface area contributed by atoms with Gasteiger partial charge < -0.3 is 14.7 Å². The van der Waals surface area contributed by atoms with E-state index in [2.05, 4.69) is 4.90 Å². The van der Waals surface area contributed by atoms with Crippen molar-refractivity contribution in [2.24, 2.45) is 0 Å². The first-order valence-corrected chi connectivity index (χ1v) is 6.70. The van der Waals surface area contributed by atoms with E-state index in [1.807, 2.05) is 27.7 Å². The second-order valence-corrected chi connectivity index (χ2v) is 5.73.